The number of nitrogens with zero attached hydrogens (tertiary/aromatic N) is 2. The average molecular weight is 393 g/mol. The van der Waals surface area contributed by atoms with Crippen LogP contribution in [0.1, 0.15) is 37.2 Å². The van der Waals surface area contributed by atoms with Gasteiger partial charge in [-0.1, -0.05) is 49.2 Å². The van der Waals surface area contributed by atoms with Crippen molar-refractivity contribution in [2.45, 2.75) is 49.7 Å². The normalized spacial score (nSPS) is 24.0. The van der Waals surface area contributed by atoms with E-state index < -0.39 is 12.1 Å². The second kappa shape index (κ2) is 8.22. The van der Waals surface area contributed by atoms with Gasteiger partial charge in [-0.15, -0.1) is 0 Å². The monoisotopic (exact) mass is 393 g/mol. The molecule has 0 aromatic heterocycles. The van der Waals surface area contributed by atoms with E-state index in [9.17, 15) is 19.6 Å². The highest BCUT2D eigenvalue weighted by atomic mass is 19.1. The molecule has 2 aromatic rings. The van der Waals surface area contributed by atoms with Crippen LogP contribution in [-0.4, -0.2) is 40.8 Å². The van der Waals surface area contributed by atoms with Crippen LogP contribution in [0.5, 0.6) is 0 Å². The van der Waals surface area contributed by atoms with Gasteiger partial charge in [0.2, 0.25) is 0 Å². The number of rotatable bonds is 4. The lowest BCUT2D eigenvalue weighted by Crippen LogP contribution is -2.67. The predicted molar refractivity (Wildman–Crippen MR) is 107 cm³/mol. The SMILES string of the molecule is N#C[C@@H]1[C@H](c2ccc(-c3cccc(F)c3)cc2)[C@H](CO)N1C(=O)NC1CCCC1. The summed E-state index contributed by atoms with van der Waals surface area (Å²) in [6.45, 7) is -0.202. The van der Waals surface area contributed by atoms with Crippen molar-refractivity contribution >= 4 is 6.03 Å². The minimum atomic E-state index is -0.617. The maximum absolute atomic E-state index is 13.5. The molecule has 0 bridgehead atoms. The van der Waals surface area contributed by atoms with E-state index in [0.717, 1.165) is 42.4 Å². The molecule has 2 aromatic carbocycles. The van der Waals surface area contributed by atoms with E-state index in [1.165, 1.54) is 17.0 Å². The molecule has 2 fully saturated rings. The Morgan fingerprint density at radius 1 is 1.17 bits per heavy atom. The molecule has 1 saturated carbocycles. The Balaban J connectivity index is 1.51. The summed E-state index contributed by atoms with van der Waals surface area (Å²) in [5, 5.41) is 22.6. The van der Waals surface area contributed by atoms with E-state index in [1.807, 2.05) is 30.3 Å². The molecule has 0 spiro atoms. The first-order valence-electron chi connectivity index (χ1n) is 10.1. The molecule has 150 valence electrons. The molecule has 1 aliphatic carbocycles. The highest BCUT2D eigenvalue weighted by Crippen LogP contribution is 2.41. The Hall–Kier alpha value is -2.91. The van der Waals surface area contributed by atoms with Gasteiger partial charge in [-0.2, -0.15) is 5.26 Å². The molecular weight excluding hydrogens is 369 g/mol. The molecular formula is C23H24FN3O2. The van der Waals surface area contributed by atoms with E-state index in [-0.39, 0.29) is 30.4 Å². The highest BCUT2D eigenvalue weighted by Gasteiger charge is 2.52. The highest BCUT2D eigenvalue weighted by molar-refractivity contribution is 5.78. The summed E-state index contributed by atoms with van der Waals surface area (Å²) in [4.78, 5) is 14.2. The van der Waals surface area contributed by atoms with Gasteiger partial charge in [0.15, 0.2) is 0 Å². The van der Waals surface area contributed by atoms with Gasteiger partial charge < -0.3 is 15.3 Å². The number of likely N-dealkylation sites (tertiary alicyclic amines) is 1. The number of carbonyl (C=O) groups is 1. The lowest BCUT2D eigenvalue weighted by molar-refractivity contribution is 0.0158. The fourth-order valence-electron chi connectivity index (χ4n) is 4.57. The van der Waals surface area contributed by atoms with Crippen LogP contribution in [-0.2, 0) is 0 Å². The third-order valence-electron chi connectivity index (χ3n) is 6.10. The summed E-state index contributed by atoms with van der Waals surface area (Å²) in [7, 11) is 0. The van der Waals surface area contributed by atoms with Gasteiger partial charge in [0.05, 0.1) is 18.7 Å². The molecule has 3 atom stereocenters. The van der Waals surface area contributed by atoms with Gasteiger partial charge in [0.1, 0.15) is 11.9 Å². The fraction of sp³-hybridized carbons (Fsp3) is 0.391. The largest absolute Gasteiger partial charge is 0.394 e. The quantitative estimate of drug-likeness (QED) is 0.830. The van der Waals surface area contributed by atoms with E-state index in [2.05, 4.69) is 11.4 Å². The molecule has 4 rings (SSSR count). The smallest absolute Gasteiger partial charge is 0.319 e. The molecule has 1 saturated heterocycles. The van der Waals surface area contributed by atoms with E-state index in [4.69, 9.17) is 0 Å². The minimum absolute atomic E-state index is 0.158. The second-order valence-corrected chi connectivity index (χ2v) is 7.82. The van der Waals surface area contributed by atoms with Crippen molar-refractivity contribution < 1.29 is 14.3 Å². The van der Waals surface area contributed by atoms with E-state index >= 15 is 0 Å². The molecule has 0 radical (unpaired) electrons. The van der Waals surface area contributed by atoms with E-state index in [0.29, 0.717) is 0 Å². The Bertz CT molecular complexity index is 918. The fourth-order valence-corrected chi connectivity index (χ4v) is 4.57. The molecule has 5 nitrogen and oxygen atoms in total. The molecule has 2 aliphatic rings. The lowest BCUT2D eigenvalue weighted by atomic mass is 9.75. The van der Waals surface area contributed by atoms with Crippen molar-refractivity contribution in [3.63, 3.8) is 0 Å². The van der Waals surface area contributed by atoms with Crippen LogP contribution in [0.2, 0.25) is 0 Å². The number of aliphatic hydroxyl groups is 1. The number of urea groups is 1. The number of aliphatic hydroxyl groups excluding tert-OH is 1. The Kier molecular flexibility index (Phi) is 5.50. The Morgan fingerprint density at radius 2 is 1.90 bits per heavy atom. The third kappa shape index (κ3) is 3.70. The van der Waals surface area contributed by atoms with Gasteiger partial charge in [0, 0.05) is 12.0 Å². The lowest BCUT2D eigenvalue weighted by Gasteiger charge is -2.51. The van der Waals surface area contributed by atoms with Crippen LogP contribution in [0.4, 0.5) is 9.18 Å². The van der Waals surface area contributed by atoms with Crippen molar-refractivity contribution in [1.82, 2.24) is 10.2 Å². The Morgan fingerprint density at radius 3 is 2.52 bits per heavy atom. The maximum Gasteiger partial charge on any atom is 0.319 e. The predicted octanol–water partition coefficient (Wildman–Crippen LogP) is 3.80. The number of amides is 2. The maximum atomic E-state index is 13.5. The molecule has 29 heavy (non-hydrogen) atoms. The number of nitrogens with one attached hydrogen (secondary N) is 1. The zero-order valence-corrected chi connectivity index (χ0v) is 16.1. The summed E-state index contributed by atoms with van der Waals surface area (Å²) in [5.41, 5.74) is 2.54. The zero-order valence-electron chi connectivity index (χ0n) is 16.1. The molecule has 6 heteroatoms. The van der Waals surface area contributed by atoms with Gasteiger partial charge in [0.25, 0.3) is 0 Å². The van der Waals surface area contributed by atoms with Crippen molar-refractivity contribution in [3.05, 3.63) is 59.9 Å². The third-order valence-corrected chi connectivity index (χ3v) is 6.10. The summed E-state index contributed by atoms with van der Waals surface area (Å²) in [5.74, 6) is -0.541. The van der Waals surface area contributed by atoms with Crippen molar-refractivity contribution in [3.8, 4) is 17.2 Å². The van der Waals surface area contributed by atoms with Gasteiger partial charge in [-0.05, 0) is 41.7 Å². The second-order valence-electron chi connectivity index (χ2n) is 7.82. The number of hydrogen-bond acceptors (Lipinski definition) is 3. The number of halogens is 1. The Labute approximate surface area is 169 Å². The summed E-state index contributed by atoms with van der Waals surface area (Å²) < 4.78 is 13.5. The summed E-state index contributed by atoms with van der Waals surface area (Å²) in [6, 6.07) is 15.0. The van der Waals surface area contributed by atoms with Crippen LogP contribution in [0, 0.1) is 17.1 Å². The van der Waals surface area contributed by atoms with Crippen molar-refractivity contribution in [2.24, 2.45) is 0 Å². The van der Waals surface area contributed by atoms with Gasteiger partial charge >= 0.3 is 6.03 Å². The molecule has 1 aliphatic heterocycles. The standard InChI is InChI=1S/C23H24FN3O2/c24-18-5-3-4-17(12-18)15-8-10-16(11-9-15)22-20(13-25)27(21(22)14-28)23(29)26-19-6-1-2-7-19/h3-5,8-12,19-22,28H,1-2,6-7,14H2,(H,26,29)/t20-,21+,22+/m1/s1. The molecule has 0 unspecified atom stereocenters. The van der Waals surface area contributed by atoms with E-state index in [1.54, 1.807) is 6.07 Å². The first-order valence-corrected chi connectivity index (χ1v) is 10.1. The topological polar surface area (TPSA) is 76.4 Å². The summed E-state index contributed by atoms with van der Waals surface area (Å²) in [6.07, 6.45) is 4.14. The number of carbonyl (C=O) groups excluding carboxylic acids is 1. The van der Waals surface area contributed by atoms with Gasteiger partial charge in [-0.3, -0.25) is 0 Å². The van der Waals surface area contributed by atoms with Crippen molar-refractivity contribution in [1.29, 1.82) is 5.26 Å². The van der Waals surface area contributed by atoms with Crippen LogP contribution in [0.15, 0.2) is 48.5 Å². The van der Waals surface area contributed by atoms with Crippen LogP contribution in [0.3, 0.4) is 0 Å². The zero-order chi connectivity index (χ0) is 20.4. The molecule has 1 heterocycles. The number of benzene rings is 2. The van der Waals surface area contributed by atoms with Gasteiger partial charge in [-0.25, -0.2) is 9.18 Å². The van der Waals surface area contributed by atoms with Crippen LogP contribution < -0.4 is 5.32 Å². The minimum Gasteiger partial charge on any atom is -0.394 e. The molecule has 2 N–H and O–H groups in total. The van der Waals surface area contributed by atoms with Crippen LogP contribution >= 0.6 is 0 Å². The van der Waals surface area contributed by atoms with Crippen molar-refractivity contribution in [2.75, 3.05) is 6.61 Å². The first kappa shape index (κ1) is 19.4. The average Bonchev–Trinajstić information content (AvgIpc) is 3.21. The number of hydrogen-bond donors (Lipinski definition) is 2. The molecule has 2 amide bonds. The van der Waals surface area contributed by atoms with Crippen LogP contribution in [0.25, 0.3) is 11.1 Å². The number of nitriles is 1. The summed E-state index contributed by atoms with van der Waals surface area (Å²) >= 11 is 0. The first-order chi connectivity index (χ1) is 14.1.